The van der Waals surface area contributed by atoms with Crippen LogP contribution < -0.4 is 10.1 Å². The molecule has 0 fully saturated rings. The molecule has 0 saturated carbocycles. The molecule has 2 aromatic heterocycles. The molecule has 0 saturated heterocycles. The molecule has 3 aromatic rings. The number of ether oxygens (including phenoxy) is 1. The van der Waals surface area contributed by atoms with Gasteiger partial charge < -0.3 is 19.5 Å². The molecule has 10 heteroatoms. The summed E-state index contributed by atoms with van der Waals surface area (Å²) in [6.45, 7) is 3.34. The summed E-state index contributed by atoms with van der Waals surface area (Å²) in [5.41, 5.74) is 4.15. The zero-order valence-electron chi connectivity index (χ0n) is 21.1. The Morgan fingerprint density at radius 2 is 2.08 bits per heavy atom. The van der Waals surface area contributed by atoms with E-state index in [1.165, 1.54) is 13.2 Å². The van der Waals surface area contributed by atoms with Crippen molar-refractivity contribution in [3.63, 3.8) is 0 Å². The lowest BCUT2D eigenvalue weighted by atomic mass is 9.90. The van der Waals surface area contributed by atoms with E-state index in [4.69, 9.17) is 4.74 Å². The second-order valence-electron chi connectivity index (χ2n) is 9.00. The number of carbonyl (C=O) groups excluding carboxylic acids is 1. The van der Waals surface area contributed by atoms with E-state index in [0.29, 0.717) is 43.9 Å². The van der Waals surface area contributed by atoms with Crippen LogP contribution in [-0.2, 0) is 19.5 Å². The highest BCUT2D eigenvalue weighted by atomic mass is 19.1. The molecule has 1 aliphatic rings. The van der Waals surface area contributed by atoms with E-state index in [0.717, 1.165) is 28.8 Å². The van der Waals surface area contributed by atoms with Crippen molar-refractivity contribution in [1.29, 1.82) is 0 Å². The third kappa shape index (κ3) is 5.18. The number of halogens is 2. The molecule has 4 rings (SSSR count). The van der Waals surface area contributed by atoms with Gasteiger partial charge in [0.2, 0.25) is 5.95 Å². The summed E-state index contributed by atoms with van der Waals surface area (Å²) in [5.74, 6) is 0.167. The molecule has 0 unspecified atom stereocenters. The molecule has 1 amide bonds. The standard InChI is InChI=1S/C26H32F2N6O2/c1-17(23-13-24(36-4)22(28)14-31-23)34-8-5-20-19(16-32(3)9-6-27)11-18(12-21(20)25(34)35)15-33-10-7-30-26(33)29-2/h7,10-14,17H,5-6,8-9,15-16H2,1-4H3,(H,29,30)/t17-/m0/s1. The Bertz CT molecular complexity index is 1230. The SMILES string of the molecule is CNc1nccn1Cc1cc(CN(C)CCF)c2c(c1)C(=O)N([C@@H](C)c1cc(OC)c(F)cn1)CC2. The summed E-state index contributed by atoms with van der Waals surface area (Å²) in [5, 5.41) is 3.07. The predicted molar refractivity (Wildman–Crippen MR) is 134 cm³/mol. The van der Waals surface area contributed by atoms with Crippen LogP contribution in [0.4, 0.5) is 14.7 Å². The Morgan fingerprint density at radius 1 is 1.28 bits per heavy atom. The fourth-order valence-electron chi connectivity index (χ4n) is 4.73. The van der Waals surface area contributed by atoms with Crippen molar-refractivity contribution in [1.82, 2.24) is 24.3 Å². The predicted octanol–water partition coefficient (Wildman–Crippen LogP) is 3.68. The second-order valence-corrected chi connectivity index (χ2v) is 9.00. The van der Waals surface area contributed by atoms with Crippen molar-refractivity contribution in [3.8, 4) is 5.75 Å². The van der Waals surface area contributed by atoms with Crippen LogP contribution in [0, 0.1) is 5.82 Å². The molecule has 36 heavy (non-hydrogen) atoms. The first kappa shape index (κ1) is 25.6. The number of imidazole rings is 1. The number of aromatic nitrogens is 3. The van der Waals surface area contributed by atoms with Crippen LogP contribution >= 0.6 is 0 Å². The Hall–Kier alpha value is -3.53. The summed E-state index contributed by atoms with van der Waals surface area (Å²) < 4.78 is 34.0. The van der Waals surface area contributed by atoms with Crippen molar-refractivity contribution in [2.75, 3.05) is 46.3 Å². The Morgan fingerprint density at radius 3 is 2.81 bits per heavy atom. The van der Waals surface area contributed by atoms with Gasteiger partial charge in [-0.25, -0.2) is 13.8 Å². The van der Waals surface area contributed by atoms with Gasteiger partial charge >= 0.3 is 0 Å². The number of benzene rings is 1. The summed E-state index contributed by atoms with van der Waals surface area (Å²) >= 11 is 0. The van der Waals surface area contributed by atoms with E-state index in [2.05, 4.69) is 21.4 Å². The van der Waals surface area contributed by atoms with Gasteiger partial charge in [-0.05, 0) is 43.1 Å². The fourth-order valence-corrected chi connectivity index (χ4v) is 4.73. The molecule has 1 N–H and O–H groups in total. The number of anilines is 1. The highest BCUT2D eigenvalue weighted by molar-refractivity contribution is 5.97. The van der Waals surface area contributed by atoms with Gasteiger partial charge in [0.1, 0.15) is 6.67 Å². The maximum Gasteiger partial charge on any atom is 0.254 e. The molecule has 1 aromatic carbocycles. The van der Waals surface area contributed by atoms with Crippen molar-refractivity contribution < 1.29 is 18.3 Å². The third-order valence-electron chi connectivity index (χ3n) is 6.65. The van der Waals surface area contributed by atoms with E-state index >= 15 is 0 Å². The van der Waals surface area contributed by atoms with E-state index in [1.54, 1.807) is 11.1 Å². The summed E-state index contributed by atoms with van der Waals surface area (Å²) in [6.07, 6.45) is 5.38. The monoisotopic (exact) mass is 498 g/mol. The molecule has 3 heterocycles. The minimum Gasteiger partial charge on any atom is -0.494 e. The fraction of sp³-hybridized carbons (Fsp3) is 0.423. The lowest BCUT2D eigenvalue weighted by Crippen LogP contribution is -2.40. The Kier molecular flexibility index (Phi) is 7.83. The molecule has 1 atom stereocenters. The quantitative estimate of drug-likeness (QED) is 0.460. The van der Waals surface area contributed by atoms with Gasteiger partial charge in [0, 0.05) is 50.7 Å². The molecular weight excluding hydrogens is 466 g/mol. The first-order chi connectivity index (χ1) is 17.4. The van der Waals surface area contributed by atoms with E-state index in [1.807, 2.05) is 42.7 Å². The van der Waals surface area contributed by atoms with Crippen LogP contribution in [0.1, 0.15) is 45.7 Å². The number of fused-ring (bicyclic) bond motifs is 1. The minimum atomic E-state index is -0.545. The van der Waals surface area contributed by atoms with Crippen molar-refractivity contribution in [3.05, 3.63) is 70.6 Å². The number of carbonyl (C=O) groups is 1. The van der Waals surface area contributed by atoms with Crippen LogP contribution in [0.15, 0.2) is 36.8 Å². The Balaban J connectivity index is 1.69. The van der Waals surface area contributed by atoms with Crippen LogP contribution in [-0.4, -0.2) is 71.2 Å². The van der Waals surface area contributed by atoms with Crippen LogP contribution in [0.3, 0.4) is 0 Å². The lowest BCUT2D eigenvalue weighted by Gasteiger charge is -2.35. The van der Waals surface area contributed by atoms with E-state index in [-0.39, 0.29) is 17.7 Å². The maximum atomic E-state index is 13.9. The topological polar surface area (TPSA) is 75.5 Å². The number of hydrogen-bond acceptors (Lipinski definition) is 6. The number of hydrogen-bond donors (Lipinski definition) is 1. The van der Waals surface area contributed by atoms with Gasteiger partial charge in [-0.2, -0.15) is 0 Å². The number of nitrogens with one attached hydrogen (secondary N) is 1. The average Bonchev–Trinajstić information content (AvgIpc) is 3.31. The van der Waals surface area contributed by atoms with Crippen LogP contribution in [0.25, 0.3) is 0 Å². The number of methoxy groups -OCH3 is 1. The molecule has 0 spiro atoms. The first-order valence-corrected chi connectivity index (χ1v) is 11.9. The number of nitrogens with zero attached hydrogens (tertiary/aromatic N) is 5. The number of pyridine rings is 1. The average molecular weight is 499 g/mol. The van der Waals surface area contributed by atoms with Gasteiger partial charge in [-0.15, -0.1) is 0 Å². The number of alkyl halides is 1. The zero-order chi connectivity index (χ0) is 25.8. The van der Waals surface area contributed by atoms with Crippen molar-refractivity contribution in [2.45, 2.75) is 32.5 Å². The summed E-state index contributed by atoms with van der Waals surface area (Å²) in [6, 6.07) is 5.21. The second kappa shape index (κ2) is 11.0. The minimum absolute atomic E-state index is 0.0952. The van der Waals surface area contributed by atoms with Gasteiger partial charge in [0.15, 0.2) is 11.6 Å². The summed E-state index contributed by atoms with van der Waals surface area (Å²) in [7, 11) is 5.09. The molecule has 0 radical (unpaired) electrons. The molecule has 0 aliphatic carbocycles. The Labute approximate surface area is 209 Å². The third-order valence-corrected chi connectivity index (χ3v) is 6.65. The van der Waals surface area contributed by atoms with E-state index < -0.39 is 12.5 Å². The van der Waals surface area contributed by atoms with Crippen LogP contribution in [0.2, 0.25) is 0 Å². The lowest BCUT2D eigenvalue weighted by molar-refractivity contribution is 0.0667. The van der Waals surface area contributed by atoms with Gasteiger partial charge in [-0.1, -0.05) is 6.07 Å². The van der Waals surface area contributed by atoms with Crippen molar-refractivity contribution >= 4 is 11.9 Å². The first-order valence-electron chi connectivity index (χ1n) is 11.9. The van der Waals surface area contributed by atoms with Gasteiger partial charge in [-0.3, -0.25) is 14.7 Å². The van der Waals surface area contributed by atoms with E-state index in [9.17, 15) is 13.6 Å². The molecular formula is C26H32F2N6O2. The smallest absolute Gasteiger partial charge is 0.254 e. The van der Waals surface area contributed by atoms with Crippen molar-refractivity contribution in [2.24, 2.45) is 0 Å². The van der Waals surface area contributed by atoms with Gasteiger partial charge in [0.25, 0.3) is 5.91 Å². The highest BCUT2D eigenvalue weighted by Gasteiger charge is 2.31. The number of rotatable bonds is 10. The molecule has 1 aliphatic heterocycles. The highest BCUT2D eigenvalue weighted by Crippen LogP contribution is 2.32. The normalized spacial score (nSPS) is 14.2. The van der Waals surface area contributed by atoms with Gasteiger partial charge in [0.05, 0.1) is 31.6 Å². The summed E-state index contributed by atoms with van der Waals surface area (Å²) in [4.78, 5) is 26.0. The molecule has 8 nitrogen and oxygen atoms in total. The largest absolute Gasteiger partial charge is 0.494 e. The molecule has 0 bridgehead atoms. The molecule has 192 valence electrons. The van der Waals surface area contributed by atoms with Crippen LogP contribution in [0.5, 0.6) is 5.75 Å². The zero-order valence-corrected chi connectivity index (χ0v) is 21.1. The maximum absolute atomic E-state index is 13.9. The number of amides is 1.